The summed E-state index contributed by atoms with van der Waals surface area (Å²) >= 11 is 1.16. The van der Waals surface area contributed by atoms with Crippen LogP contribution in [0.4, 0.5) is 0 Å². The molecule has 0 saturated carbocycles. The molecule has 0 atom stereocenters. The fourth-order valence-electron chi connectivity index (χ4n) is 1.86. The summed E-state index contributed by atoms with van der Waals surface area (Å²) in [5.74, 6) is 0.661. The molecule has 0 fully saturated rings. The van der Waals surface area contributed by atoms with E-state index < -0.39 is 5.97 Å². The second-order valence-corrected chi connectivity index (χ2v) is 5.27. The van der Waals surface area contributed by atoms with Crippen LogP contribution < -0.4 is 0 Å². The minimum Gasteiger partial charge on any atom is -0.481 e. The van der Waals surface area contributed by atoms with Crippen LogP contribution in [0.25, 0.3) is 0 Å². The van der Waals surface area contributed by atoms with Gasteiger partial charge in [-0.05, 0) is 13.8 Å². The Morgan fingerprint density at radius 2 is 2.15 bits per heavy atom. The number of rotatable bonds is 6. The average molecular weight is 296 g/mol. The van der Waals surface area contributed by atoms with Crippen LogP contribution in [0, 0.1) is 13.8 Å². The van der Waals surface area contributed by atoms with E-state index in [0.717, 1.165) is 41.0 Å². The molecule has 0 aromatic carbocycles. The van der Waals surface area contributed by atoms with Crippen molar-refractivity contribution in [2.45, 2.75) is 38.9 Å². The first-order valence-electron chi connectivity index (χ1n) is 6.21. The van der Waals surface area contributed by atoms with Crippen molar-refractivity contribution in [3.8, 4) is 0 Å². The number of aliphatic carboxylic acids is 1. The molecular weight excluding hydrogens is 280 g/mol. The number of hydrogen-bond donors (Lipinski definition) is 1. The van der Waals surface area contributed by atoms with E-state index in [4.69, 9.17) is 9.63 Å². The second-order valence-electron chi connectivity index (χ2n) is 4.32. The summed E-state index contributed by atoms with van der Waals surface area (Å²) in [7, 11) is 0. The molecule has 0 radical (unpaired) electrons. The zero-order chi connectivity index (χ0) is 14.7. The SMILES string of the molecule is CCc1nnc(SCC(=O)O)n1Cc1c(C)noc1C. The lowest BCUT2D eigenvalue weighted by atomic mass is 10.2. The molecule has 0 amide bonds. The van der Waals surface area contributed by atoms with Crippen LogP contribution in [0.1, 0.15) is 29.8 Å². The van der Waals surface area contributed by atoms with Gasteiger partial charge in [0.2, 0.25) is 0 Å². The predicted octanol–water partition coefficient (Wildman–Crippen LogP) is 1.67. The Morgan fingerprint density at radius 3 is 2.70 bits per heavy atom. The predicted molar refractivity (Wildman–Crippen MR) is 72.8 cm³/mol. The Bertz CT molecular complexity index is 601. The molecule has 0 bridgehead atoms. The van der Waals surface area contributed by atoms with Gasteiger partial charge in [0.05, 0.1) is 18.0 Å². The third-order valence-corrected chi connectivity index (χ3v) is 3.88. The molecule has 2 rings (SSSR count). The molecular formula is C12H16N4O3S. The smallest absolute Gasteiger partial charge is 0.313 e. The molecule has 0 aliphatic rings. The first-order chi connectivity index (χ1) is 9.52. The van der Waals surface area contributed by atoms with E-state index in [2.05, 4.69) is 15.4 Å². The summed E-state index contributed by atoms with van der Waals surface area (Å²) < 4.78 is 7.07. The quantitative estimate of drug-likeness (QED) is 0.810. The molecule has 0 aliphatic carbocycles. The molecule has 2 heterocycles. The summed E-state index contributed by atoms with van der Waals surface area (Å²) in [6.07, 6.45) is 0.726. The molecule has 0 aliphatic heterocycles. The van der Waals surface area contributed by atoms with Crippen molar-refractivity contribution in [1.82, 2.24) is 19.9 Å². The first kappa shape index (κ1) is 14.6. The minimum absolute atomic E-state index is 0.0382. The molecule has 2 aromatic rings. The summed E-state index contributed by atoms with van der Waals surface area (Å²) in [5.41, 5.74) is 1.81. The van der Waals surface area contributed by atoms with E-state index in [1.165, 1.54) is 0 Å². The fraction of sp³-hybridized carbons (Fsp3) is 0.500. The van der Waals surface area contributed by atoms with Gasteiger partial charge in [-0.1, -0.05) is 23.8 Å². The molecule has 7 nitrogen and oxygen atoms in total. The van der Waals surface area contributed by atoms with Gasteiger partial charge in [-0.3, -0.25) is 4.79 Å². The molecule has 1 N–H and O–H groups in total. The van der Waals surface area contributed by atoms with Crippen molar-refractivity contribution in [2.24, 2.45) is 0 Å². The maximum atomic E-state index is 10.7. The number of aromatic nitrogens is 4. The molecule has 20 heavy (non-hydrogen) atoms. The van der Waals surface area contributed by atoms with Crippen molar-refractivity contribution in [1.29, 1.82) is 0 Å². The van der Waals surface area contributed by atoms with Crippen LogP contribution in [-0.2, 0) is 17.8 Å². The van der Waals surface area contributed by atoms with Crippen LogP contribution in [-0.4, -0.2) is 36.7 Å². The Kier molecular flexibility index (Phi) is 4.43. The van der Waals surface area contributed by atoms with E-state index in [1.807, 2.05) is 25.3 Å². The molecule has 0 unspecified atom stereocenters. The average Bonchev–Trinajstić information content (AvgIpc) is 2.94. The van der Waals surface area contributed by atoms with E-state index >= 15 is 0 Å². The van der Waals surface area contributed by atoms with E-state index in [0.29, 0.717) is 11.7 Å². The van der Waals surface area contributed by atoms with Crippen LogP contribution >= 0.6 is 11.8 Å². The van der Waals surface area contributed by atoms with Gasteiger partial charge in [0.25, 0.3) is 0 Å². The topological polar surface area (TPSA) is 94.0 Å². The van der Waals surface area contributed by atoms with Crippen molar-refractivity contribution < 1.29 is 14.4 Å². The third-order valence-electron chi connectivity index (χ3n) is 2.93. The van der Waals surface area contributed by atoms with E-state index in [-0.39, 0.29) is 5.75 Å². The normalized spacial score (nSPS) is 10.9. The molecule has 2 aromatic heterocycles. The number of carboxylic acids is 1. The number of nitrogens with zero attached hydrogens (tertiary/aromatic N) is 4. The number of aryl methyl sites for hydroxylation is 3. The highest BCUT2D eigenvalue weighted by molar-refractivity contribution is 7.99. The van der Waals surface area contributed by atoms with Crippen molar-refractivity contribution >= 4 is 17.7 Å². The zero-order valence-corrected chi connectivity index (χ0v) is 12.4. The third kappa shape index (κ3) is 3.01. The lowest BCUT2D eigenvalue weighted by molar-refractivity contribution is -0.133. The Hall–Kier alpha value is -1.83. The van der Waals surface area contributed by atoms with Gasteiger partial charge in [-0.2, -0.15) is 0 Å². The van der Waals surface area contributed by atoms with Crippen molar-refractivity contribution in [2.75, 3.05) is 5.75 Å². The zero-order valence-electron chi connectivity index (χ0n) is 11.6. The summed E-state index contributed by atoms with van der Waals surface area (Å²) in [6, 6.07) is 0. The van der Waals surface area contributed by atoms with Crippen LogP contribution in [0.5, 0.6) is 0 Å². The lowest BCUT2D eigenvalue weighted by Gasteiger charge is -2.08. The number of hydrogen-bond acceptors (Lipinski definition) is 6. The number of carbonyl (C=O) groups is 1. The largest absolute Gasteiger partial charge is 0.481 e. The van der Waals surface area contributed by atoms with Crippen LogP contribution in [0.3, 0.4) is 0 Å². The minimum atomic E-state index is -0.875. The maximum Gasteiger partial charge on any atom is 0.313 e. The number of carboxylic acid groups (broad SMARTS) is 1. The van der Waals surface area contributed by atoms with Crippen LogP contribution in [0.2, 0.25) is 0 Å². The van der Waals surface area contributed by atoms with Gasteiger partial charge >= 0.3 is 5.97 Å². The van der Waals surface area contributed by atoms with Crippen molar-refractivity contribution in [3.05, 3.63) is 22.8 Å². The molecule has 0 saturated heterocycles. The van der Waals surface area contributed by atoms with Gasteiger partial charge in [-0.15, -0.1) is 10.2 Å². The maximum absolute atomic E-state index is 10.7. The lowest BCUT2D eigenvalue weighted by Crippen LogP contribution is -2.08. The monoisotopic (exact) mass is 296 g/mol. The van der Waals surface area contributed by atoms with Gasteiger partial charge in [-0.25, -0.2) is 0 Å². The van der Waals surface area contributed by atoms with E-state index in [1.54, 1.807) is 0 Å². The Balaban J connectivity index is 2.29. The van der Waals surface area contributed by atoms with Gasteiger partial charge in [0.1, 0.15) is 11.6 Å². The summed E-state index contributed by atoms with van der Waals surface area (Å²) in [5, 5.41) is 21.5. The fourth-order valence-corrected chi connectivity index (χ4v) is 2.54. The van der Waals surface area contributed by atoms with Gasteiger partial charge < -0.3 is 14.2 Å². The van der Waals surface area contributed by atoms with E-state index in [9.17, 15) is 4.79 Å². The first-order valence-corrected chi connectivity index (χ1v) is 7.19. The molecule has 108 valence electrons. The summed E-state index contributed by atoms with van der Waals surface area (Å²) in [4.78, 5) is 10.7. The van der Waals surface area contributed by atoms with Crippen LogP contribution in [0.15, 0.2) is 9.68 Å². The summed E-state index contributed by atoms with van der Waals surface area (Å²) in [6.45, 7) is 6.26. The van der Waals surface area contributed by atoms with Crippen molar-refractivity contribution in [3.63, 3.8) is 0 Å². The van der Waals surface area contributed by atoms with Gasteiger partial charge in [0, 0.05) is 12.0 Å². The highest BCUT2D eigenvalue weighted by Gasteiger charge is 2.17. The van der Waals surface area contributed by atoms with Gasteiger partial charge in [0.15, 0.2) is 5.16 Å². The molecule has 8 heteroatoms. The highest BCUT2D eigenvalue weighted by atomic mass is 32.2. The highest BCUT2D eigenvalue weighted by Crippen LogP contribution is 2.21. The molecule has 0 spiro atoms. The second kappa shape index (κ2) is 6.08. The number of thioether (sulfide) groups is 1. The standard InChI is InChI=1S/C12H16N4O3S/c1-4-10-13-14-12(20-6-11(17)18)16(10)5-9-7(2)15-19-8(9)3/h4-6H2,1-3H3,(H,17,18). The Labute approximate surface area is 120 Å². The Morgan fingerprint density at radius 1 is 1.40 bits per heavy atom.